The third-order valence-electron chi connectivity index (χ3n) is 3.72. The zero-order valence-corrected chi connectivity index (χ0v) is 14.0. The number of halogens is 1. The number of benzene rings is 2. The molecule has 0 aliphatic carbocycles. The Bertz CT molecular complexity index is 832. The molecule has 0 saturated heterocycles. The van der Waals surface area contributed by atoms with Crippen LogP contribution in [0.4, 0.5) is 5.69 Å². The molecular formula is C19H17ClN2O. The Kier molecular flexibility index (Phi) is 5.20. The van der Waals surface area contributed by atoms with E-state index >= 15 is 0 Å². The molecule has 4 heteroatoms. The van der Waals surface area contributed by atoms with Crippen LogP contribution < -0.4 is 5.32 Å². The van der Waals surface area contributed by atoms with Gasteiger partial charge in [0.25, 0.3) is 5.91 Å². The molecule has 2 aromatic carbocycles. The fraction of sp³-hybridized carbons (Fsp3) is 0.158. The average molecular weight is 325 g/mol. The molecule has 0 saturated carbocycles. The van der Waals surface area contributed by atoms with Crippen molar-refractivity contribution in [2.24, 2.45) is 0 Å². The highest BCUT2D eigenvalue weighted by molar-refractivity contribution is 6.31. The highest BCUT2D eigenvalue weighted by Crippen LogP contribution is 2.23. The highest BCUT2D eigenvalue weighted by Gasteiger charge is 2.12. The summed E-state index contributed by atoms with van der Waals surface area (Å²) in [5.74, 6) is -0.448. The molecule has 0 spiro atoms. The van der Waals surface area contributed by atoms with Crippen molar-refractivity contribution < 1.29 is 4.79 Å². The van der Waals surface area contributed by atoms with Crippen LogP contribution in [0.1, 0.15) is 22.3 Å². The average Bonchev–Trinajstić information content (AvgIpc) is 2.52. The predicted molar refractivity (Wildman–Crippen MR) is 94.3 cm³/mol. The van der Waals surface area contributed by atoms with Crippen molar-refractivity contribution in [3.63, 3.8) is 0 Å². The van der Waals surface area contributed by atoms with Crippen LogP contribution in [0, 0.1) is 32.1 Å². The van der Waals surface area contributed by atoms with Crippen molar-refractivity contribution in [2.75, 3.05) is 5.32 Å². The molecule has 0 radical (unpaired) electrons. The van der Waals surface area contributed by atoms with Gasteiger partial charge in [-0.1, -0.05) is 35.9 Å². The lowest BCUT2D eigenvalue weighted by Crippen LogP contribution is -2.14. The molecule has 0 atom stereocenters. The van der Waals surface area contributed by atoms with Crippen LogP contribution in [0.15, 0.2) is 42.0 Å². The summed E-state index contributed by atoms with van der Waals surface area (Å²) in [6, 6.07) is 13.0. The summed E-state index contributed by atoms with van der Waals surface area (Å²) in [6.07, 6.45) is 1.58. The van der Waals surface area contributed by atoms with E-state index in [0.29, 0.717) is 10.7 Å². The molecule has 1 amide bonds. The quantitative estimate of drug-likeness (QED) is 0.650. The number of amides is 1. The molecule has 1 N–H and O–H groups in total. The molecule has 2 aromatic rings. The Labute approximate surface area is 141 Å². The summed E-state index contributed by atoms with van der Waals surface area (Å²) < 4.78 is 0. The lowest BCUT2D eigenvalue weighted by atomic mass is 10.0. The minimum absolute atomic E-state index is 0.0487. The van der Waals surface area contributed by atoms with Gasteiger partial charge in [-0.3, -0.25) is 4.79 Å². The molecular weight excluding hydrogens is 308 g/mol. The number of carbonyl (C=O) groups excluding carboxylic acids is 1. The second-order valence-corrected chi connectivity index (χ2v) is 5.79. The van der Waals surface area contributed by atoms with Gasteiger partial charge in [0.05, 0.1) is 0 Å². The smallest absolute Gasteiger partial charge is 0.266 e. The molecule has 0 unspecified atom stereocenters. The lowest BCUT2D eigenvalue weighted by molar-refractivity contribution is -0.112. The topological polar surface area (TPSA) is 52.9 Å². The molecule has 0 aliphatic rings. The molecule has 0 aliphatic heterocycles. The van der Waals surface area contributed by atoms with Gasteiger partial charge >= 0.3 is 0 Å². The number of aryl methyl sites for hydroxylation is 2. The number of nitrogens with zero attached hydrogens (tertiary/aromatic N) is 1. The monoisotopic (exact) mass is 324 g/mol. The first-order valence-electron chi connectivity index (χ1n) is 7.18. The van der Waals surface area contributed by atoms with Crippen molar-refractivity contribution >= 4 is 29.3 Å². The standard InChI is InChI=1S/C19H17ClN2O/c1-12-7-8-15(9-13(12)2)10-16(11-21)19(23)22-18-6-4-5-17(20)14(18)3/h4-10H,1-3H3,(H,22,23)/b16-10+. The second kappa shape index (κ2) is 7.13. The summed E-state index contributed by atoms with van der Waals surface area (Å²) in [7, 11) is 0. The predicted octanol–water partition coefficient (Wildman–Crippen LogP) is 4.81. The maximum atomic E-state index is 12.3. The van der Waals surface area contributed by atoms with E-state index in [9.17, 15) is 10.1 Å². The lowest BCUT2D eigenvalue weighted by Gasteiger charge is -2.09. The van der Waals surface area contributed by atoms with Crippen LogP contribution in [0.25, 0.3) is 6.08 Å². The van der Waals surface area contributed by atoms with Crippen molar-refractivity contribution in [1.82, 2.24) is 0 Å². The van der Waals surface area contributed by atoms with E-state index in [4.69, 9.17) is 11.6 Å². The van der Waals surface area contributed by atoms with Gasteiger partial charge in [0.1, 0.15) is 11.6 Å². The van der Waals surface area contributed by atoms with Gasteiger partial charge in [-0.05, 0) is 61.2 Å². The fourth-order valence-corrected chi connectivity index (χ4v) is 2.28. The number of hydrogen-bond donors (Lipinski definition) is 1. The molecule has 2 rings (SSSR count). The molecule has 0 aromatic heterocycles. The maximum Gasteiger partial charge on any atom is 0.266 e. The van der Waals surface area contributed by atoms with Gasteiger partial charge in [-0.25, -0.2) is 0 Å². The number of rotatable bonds is 3. The van der Waals surface area contributed by atoms with E-state index in [2.05, 4.69) is 5.32 Å². The van der Waals surface area contributed by atoms with E-state index in [1.807, 2.05) is 45.0 Å². The number of anilines is 1. The summed E-state index contributed by atoms with van der Waals surface area (Å²) in [5.41, 5.74) is 4.52. The summed E-state index contributed by atoms with van der Waals surface area (Å²) in [6.45, 7) is 5.83. The third-order valence-corrected chi connectivity index (χ3v) is 4.13. The van der Waals surface area contributed by atoms with Crippen LogP contribution >= 0.6 is 11.6 Å². The first-order valence-corrected chi connectivity index (χ1v) is 7.55. The molecule has 116 valence electrons. The van der Waals surface area contributed by atoms with Crippen LogP contribution in [-0.4, -0.2) is 5.91 Å². The summed E-state index contributed by atoms with van der Waals surface area (Å²) in [5, 5.41) is 12.6. The van der Waals surface area contributed by atoms with Gasteiger partial charge in [-0.15, -0.1) is 0 Å². The van der Waals surface area contributed by atoms with Gasteiger partial charge in [0.15, 0.2) is 0 Å². The maximum absolute atomic E-state index is 12.3. The van der Waals surface area contributed by atoms with E-state index in [-0.39, 0.29) is 5.57 Å². The van der Waals surface area contributed by atoms with Gasteiger partial charge < -0.3 is 5.32 Å². The van der Waals surface area contributed by atoms with Gasteiger partial charge in [0.2, 0.25) is 0 Å². The number of carbonyl (C=O) groups is 1. The highest BCUT2D eigenvalue weighted by atomic mass is 35.5. The number of nitrogens with one attached hydrogen (secondary N) is 1. The largest absolute Gasteiger partial charge is 0.321 e. The van der Waals surface area contributed by atoms with Crippen LogP contribution in [0.3, 0.4) is 0 Å². The minimum Gasteiger partial charge on any atom is -0.321 e. The fourth-order valence-electron chi connectivity index (χ4n) is 2.10. The molecule has 23 heavy (non-hydrogen) atoms. The molecule has 0 bridgehead atoms. The minimum atomic E-state index is -0.448. The first kappa shape index (κ1) is 16.8. The number of nitriles is 1. The third kappa shape index (κ3) is 4.00. The van der Waals surface area contributed by atoms with Gasteiger partial charge in [0, 0.05) is 10.7 Å². The Morgan fingerprint density at radius 3 is 2.57 bits per heavy atom. The summed E-state index contributed by atoms with van der Waals surface area (Å²) >= 11 is 6.04. The Morgan fingerprint density at radius 1 is 1.17 bits per heavy atom. The van der Waals surface area contributed by atoms with Crippen molar-refractivity contribution in [3.05, 3.63) is 69.2 Å². The zero-order chi connectivity index (χ0) is 17.0. The van der Waals surface area contributed by atoms with E-state index in [1.54, 1.807) is 24.3 Å². The molecule has 3 nitrogen and oxygen atoms in total. The Hall–Kier alpha value is -2.57. The molecule has 0 fully saturated rings. The van der Waals surface area contributed by atoms with Crippen LogP contribution in [0.2, 0.25) is 5.02 Å². The second-order valence-electron chi connectivity index (χ2n) is 5.38. The normalized spacial score (nSPS) is 11.0. The Morgan fingerprint density at radius 2 is 1.91 bits per heavy atom. The van der Waals surface area contributed by atoms with E-state index < -0.39 is 5.91 Å². The van der Waals surface area contributed by atoms with Crippen molar-refractivity contribution in [2.45, 2.75) is 20.8 Å². The van der Waals surface area contributed by atoms with E-state index in [0.717, 1.165) is 16.7 Å². The van der Waals surface area contributed by atoms with Crippen molar-refractivity contribution in [1.29, 1.82) is 5.26 Å². The van der Waals surface area contributed by atoms with Crippen LogP contribution in [-0.2, 0) is 4.79 Å². The van der Waals surface area contributed by atoms with Gasteiger partial charge in [-0.2, -0.15) is 5.26 Å². The molecule has 0 heterocycles. The van der Waals surface area contributed by atoms with Crippen LogP contribution in [0.5, 0.6) is 0 Å². The van der Waals surface area contributed by atoms with Crippen molar-refractivity contribution in [3.8, 4) is 6.07 Å². The number of hydrogen-bond acceptors (Lipinski definition) is 2. The first-order chi connectivity index (χ1) is 10.9. The van der Waals surface area contributed by atoms with E-state index in [1.165, 1.54) is 5.56 Å². The Balaban J connectivity index is 2.28. The summed E-state index contributed by atoms with van der Waals surface area (Å²) in [4.78, 5) is 12.3. The zero-order valence-electron chi connectivity index (χ0n) is 13.3. The SMILES string of the molecule is Cc1ccc(/C=C(\C#N)C(=O)Nc2cccc(Cl)c2C)cc1C.